The molecule has 2 atom stereocenters. The molecule has 0 bridgehead atoms. The summed E-state index contributed by atoms with van der Waals surface area (Å²) >= 11 is 0. The summed E-state index contributed by atoms with van der Waals surface area (Å²) in [6, 6.07) is 0. The van der Waals surface area contributed by atoms with Crippen LogP contribution in [0.2, 0.25) is 0 Å². The second kappa shape index (κ2) is 13.1. The van der Waals surface area contributed by atoms with Crippen LogP contribution in [0.15, 0.2) is 4.99 Å². The van der Waals surface area contributed by atoms with E-state index in [1.54, 1.807) is 0 Å². The van der Waals surface area contributed by atoms with E-state index in [1.165, 1.54) is 19.4 Å². The van der Waals surface area contributed by atoms with Gasteiger partial charge in [0.1, 0.15) is 6.10 Å². The van der Waals surface area contributed by atoms with E-state index in [1.807, 2.05) is 7.05 Å². The minimum absolute atomic E-state index is 0. The lowest BCUT2D eigenvalue weighted by Crippen LogP contribution is -2.53. The highest BCUT2D eigenvalue weighted by atomic mass is 127. The van der Waals surface area contributed by atoms with Crippen LogP contribution in [0.3, 0.4) is 0 Å². The molecule has 2 fully saturated rings. The maximum atomic E-state index is 5.93. The summed E-state index contributed by atoms with van der Waals surface area (Å²) in [5, 5.41) is 3.52. The largest absolute Gasteiger partial charge is 0.375 e. The summed E-state index contributed by atoms with van der Waals surface area (Å²) in [7, 11) is 1.87. The SMILES string of the molecule is CCN(CC)CCCCNC(=NC)N1CCOC(C2CCCO2)C1.I. The van der Waals surface area contributed by atoms with Gasteiger partial charge >= 0.3 is 0 Å². The average molecular weight is 468 g/mol. The normalized spacial score (nSPS) is 24.5. The van der Waals surface area contributed by atoms with Gasteiger partial charge in [0.15, 0.2) is 5.96 Å². The van der Waals surface area contributed by atoms with Gasteiger partial charge in [-0.1, -0.05) is 13.8 Å². The van der Waals surface area contributed by atoms with Gasteiger partial charge in [-0.2, -0.15) is 0 Å². The Labute approximate surface area is 170 Å². The van der Waals surface area contributed by atoms with Crippen molar-refractivity contribution in [2.45, 2.75) is 51.7 Å². The van der Waals surface area contributed by atoms with Gasteiger partial charge in [-0.25, -0.2) is 0 Å². The van der Waals surface area contributed by atoms with E-state index in [2.05, 4.69) is 34.0 Å². The lowest BCUT2D eigenvalue weighted by Gasteiger charge is -2.37. The minimum Gasteiger partial charge on any atom is -0.375 e. The molecule has 2 rings (SSSR count). The third kappa shape index (κ3) is 7.56. The van der Waals surface area contributed by atoms with Crippen LogP contribution in [0, 0.1) is 0 Å². The van der Waals surface area contributed by atoms with E-state index in [-0.39, 0.29) is 36.2 Å². The number of guanidine groups is 1. The number of morpholine rings is 1. The molecule has 0 aromatic carbocycles. The Morgan fingerprint density at radius 1 is 1.16 bits per heavy atom. The van der Waals surface area contributed by atoms with Gasteiger partial charge in [-0.05, 0) is 45.3 Å². The van der Waals surface area contributed by atoms with Crippen LogP contribution in [0.25, 0.3) is 0 Å². The molecule has 7 heteroatoms. The molecular weight excluding hydrogens is 431 g/mol. The van der Waals surface area contributed by atoms with Crippen molar-refractivity contribution in [3.63, 3.8) is 0 Å². The first-order valence-corrected chi connectivity index (χ1v) is 9.69. The maximum absolute atomic E-state index is 5.93. The number of nitrogens with one attached hydrogen (secondary N) is 1. The number of hydrogen-bond donors (Lipinski definition) is 1. The maximum Gasteiger partial charge on any atom is 0.193 e. The van der Waals surface area contributed by atoms with Crippen molar-refractivity contribution in [3.8, 4) is 0 Å². The Morgan fingerprint density at radius 3 is 2.56 bits per heavy atom. The van der Waals surface area contributed by atoms with Crippen molar-refractivity contribution in [2.24, 2.45) is 4.99 Å². The molecule has 1 N–H and O–H groups in total. The average Bonchev–Trinajstić information content (AvgIpc) is 3.16. The summed E-state index contributed by atoms with van der Waals surface area (Å²) in [4.78, 5) is 9.26. The highest BCUT2D eigenvalue weighted by Gasteiger charge is 2.32. The lowest BCUT2D eigenvalue weighted by molar-refractivity contribution is -0.0816. The van der Waals surface area contributed by atoms with Crippen LogP contribution in [-0.4, -0.2) is 87.5 Å². The van der Waals surface area contributed by atoms with Gasteiger partial charge in [-0.15, -0.1) is 24.0 Å². The van der Waals surface area contributed by atoms with Crippen molar-refractivity contribution >= 4 is 29.9 Å². The molecule has 2 aliphatic heterocycles. The van der Waals surface area contributed by atoms with Gasteiger partial charge in [-0.3, -0.25) is 4.99 Å². The summed E-state index contributed by atoms with van der Waals surface area (Å²) in [6.45, 7) is 12.3. The Bertz CT molecular complexity index is 374. The Morgan fingerprint density at radius 2 is 1.92 bits per heavy atom. The zero-order valence-corrected chi connectivity index (χ0v) is 18.5. The molecule has 148 valence electrons. The van der Waals surface area contributed by atoms with Crippen molar-refractivity contribution in [3.05, 3.63) is 0 Å². The molecule has 0 saturated carbocycles. The van der Waals surface area contributed by atoms with Crippen LogP contribution in [0.4, 0.5) is 0 Å². The standard InChI is InChI=1S/C18H36N4O2.HI/c1-4-21(5-2)11-7-6-10-20-18(19-3)22-12-14-24-17(15-22)16-9-8-13-23-16;/h16-17H,4-15H2,1-3H3,(H,19,20);1H. The lowest BCUT2D eigenvalue weighted by atomic mass is 10.1. The first kappa shape index (κ1) is 22.9. The zero-order chi connectivity index (χ0) is 17.2. The van der Waals surface area contributed by atoms with E-state index in [0.717, 1.165) is 64.7 Å². The molecule has 2 heterocycles. The van der Waals surface area contributed by atoms with Crippen molar-refractivity contribution < 1.29 is 9.47 Å². The zero-order valence-electron chi connectivity index (χ0n) is 16.2. The fourth-order valence-electron chi connectivity index (χ4n) is 3.52. The summed E-state index contributed by atoms with van der Waals surface area (Å²) in [6.07, 6.45) is 5.13. The van der Waals surface area contributed by atoms with E-state index >= 15 is 0 Å². The van der Waals surface area contributed by atoms with Crippen LogP contribution in [0.5, 0.6) is 0 Å². The third-order valence-electron chi connectivity index (χ3n) is 5.06. The van der Waals surface area contributed by atoms with Gasteiger partial charge in [0.05, 0.1) is 12.7 Å². The Hall–Kier alpha value is -0.120. The van der Waals surface area contributed by atoms with Crippen LogP contribution >= 0.6 is 24.0 Å². The highest BCUT2D eigenvalue weighted by molar-refractivity contribution is 14.0. The predicted molar refractivity (Wildman–Crippen MR) is 114 cm³/mol. The van der Waals surface area contributed by atoms with E-state index in [9.17, 15) is 0 Å². The van der Waals surface area contributed by atoms with Crippen LogP contribution in [-0.2, 0) is 9.47 Å². The van der Waals surface area contributed by atoms with Crippen molar-refractivity contribution in [1.29, 1.82) is 0 Å². The number of hydrogen-bond acceptors (Lipinski definition) is 4. The first-order valence-electron chi connectivity index (χ1n) is 9.69. The van der Waals surface area contributed by atoms with Crippen molar-refractivity contribution in [1.82, 2.24) is 15.1 Å². The third-order valence-corrected chi connectivity index (χ3v) is 5.06. The molecular formula is C18H37IN4O2. The topological polar surface area (TPSA) is 49.3 Å². The van der Waals surface area contributed by atoms with Crippen molar-refractivity contribution in [2.75, 3.05) is 59.5 Å². The van der Waals surface area contributed by atoms with Gasteiger partial charge < -0.3 is 24.6 Å². The Balaban J connectivity index is 0.00000312. The molecule has 2 aliphatic rings. The molecule has 0 spiro atoms. The summed E-state index contributed by atoms with van der Waals surface area (Å²) < 4.78 is 11.7. The summed E-state index contributed by atoms with van der Waals surface area (Å²) in [5.74, 6) is 1.00. The van der Waals surface area contributed by atoms with Crippen LogP contribution in [0.1, 0.15) is 39.5 Å². The van der Waals surface area contributed by atoms with Gasteiger partial charge in [0.25, 0.3) is 0 Å². The Kier molecular flexibility index (Phi) is 12.0. The fourth-order valence-corrected chi connectivity index (χ4v) is 3.52. The molecule has 6 nitrogen and oxygen atoms in total. The van der Waals surface area contributed by atoms with Gasteiger partial charge in [0, 0.05) is 33.3 Å². The molecule has 2 saturated heterocycles. The number of halogens is 1. The van der Waals surface area contributed by atoms with Crippen LogP contribution < -0.4 is 5.32 Å². The number of aliphatic imine (C=N–C) groups is 1. The van der Waals surface area contributed by atoms with E-state index < -0.39 is 0 Å². The highest BCUT2D eigenvalue weighted by Crippen LogP contribution is 2.20. The number of unbranched alkanes of at least 4 members (excludes halogenated alkanes) is 1. The fraction of sp³-hybridized carbons (Fsp3) is 0.944. The first-order chi connectivity index (χ1) is 11.8. The second-order valence-electron chi connectivity index (χ2n) is 6.61. The van der Waals surface area contributed by atoms with E-state index in [0.29, 0.717) is 0 Å². The molecule has 25 heavy (non-hydrogen) atoms. The molecule has 0 aromatic heterocycles. The summed E-state index contributed by atoms with van der Waals surface area (Å²) in [5.41, 5.74) is 0. The number of rotatable bonds is 8. The minimum atomic E-state index is 0. The monoisotopic (exact) mass is 468 g/mol. The number of ether oxygens (including phenoxy) is 2. The molecule has 2 unspecified atom stereocenters. The number of nitrogens with zero attached hydrogens (tertiary/aromatic N) is 3. The molecule has 0 aromatic rings. The predicted octanol–water partition coefficient (Wildman–Crippen LogP) is 2.18. The molecule has 0 aliphatic carbocycles. The molecule has 0 radical (unpaired) electrons. The molecule has 0 amide bonds. The second-order valence-corrected chi connectivity index (χ2v) is 6.61. The van der Waals surface area contributed by atoms with E-state index in [4.69, 9.17) is 9.47 Å². The smallest absolute Gasteiger partial charge is 0.193 e. The van der Waals surface area contributed by atoms with Gasteiger partial charge in [0.2, 0.25) is 0 Å². The quantitative estimate of drug-likeness (QED) is 0.256.